The zero-order valence-corrected chi connectivity index (χ0v) is 22.0. The molecule has 0 radical (unpaired) electrons. The van der Waals surface area contributed by atoms with E-state index in [0.717, 1.165) is 12.8 Å². The molecule has 0 aliphatic heterocycles. The third-order valence-electron chi connectivity index (χ3n) is 6.35. The molecule has 0 saturated heterocycles. The van der Waals surface area contributed by atoms with E-state index in [4.69, 9.17) is 9.47 Å². The fraction of sp³-hybridized carbons (Fsp3) is 0.538. The van der Waals surface area contributed by atoms with E-state index in [9.17, 15) is 18.4 Å². The van der Waals surface area contributed by atoms with Gasteiger partial charge in [-0.25, -0.2) is 13.9 Å². The van der Waals surface area contributed by atoms with Gasteiger partial charge >= 0.3 is 0 Å². The first kappa shape index (κ1) is 28.0. The summed E-state index contributed by atoms with van der Waals surface area (Å²) >= 11 is 0. The maximum absolute atomic E-state index is 13.9. The molecule has 1 aromatic carbocycles. The summed E-state index contributed by atoms with van der Waals surface area (Å²) in [4.78, 5) is 17.1. The van der Waals surface area contributed by atoms with E-state index < -0.39 is 22.0 Å². The minimum Gasteiger partial charge on any atom is -0.494 e. The number of pyridine rings is 1. The quantitative estimate of drug-likeness (QED) is 0.324. The molecule has 2 N–H and O–H groups in total. The lowest BCUT2D eigenvalue weighted by Gasteiger charge is -2.38. The number of hydrogen-bond acceptors (Lipinski definition) is 7. The van der Waals surface area contributed by atoms with Crippen molar-refractivity contribution in [3.05, 3.63) is 54.4 Å². The highest BCUT2D eigenvalue weighted by atomic mass is 32.2. The molecule has 1 amide bonds. The molecule has 0 bridgehead atoms. The number of nitrogens with one attached hydrogen (secondary N) is 1. The number of ether oxygens (including phenoxy) is 2. The lowest BCUT2D eigenvalue weighted by Crippen LogP contribution is -2.53. The topological polar surface area (TPSA) is 118 Å². The van der Waals surface area contributed by atoms with Crippen molar-refractivity contribution in [2.75, 3.05) is 13.2 Å². The summed E-state index contributed by atoms with van der Waals surface area (Å²) in [6.07, 6.45) is 5.89. The Morgan fingerprint density at radius 3 is 2.31 bits per heavy atom. The fourth-order valence-corrected chi connectivity index (χ4v) is 6.19. The van der Waals surface area contributed by atoms with Crippen molar-refractivity contribution in [3.63, 3.8) is 0 Å². The summed E-state index contributed by atoms with van der Waals surface area (Å²) in [5, 5.41) is 9.61. The van der Waals surface area contributed by atoms with Gasteiger partial charge in [0.05, 0.1) is 17.6 Å². The predicted molar refractivity (Wildman–Crippen MR) is 135 cm³/mol. The molecule has 1 aliphatic carbocycles. The predicted octanol–water partition coefficient (Wildman–Crippen LogP) is 3.78. The minimum absolute atomic E-state index is 0.0417. The first-order valence-corrected chi connectivity index (χ1v) is 13.9. The third kappa shape index (κ3) is 7.25. The molecule has 1 aromatic heterocycles. The lowest BCUT2D eigenvalue weighted by molar-refractivity contribution is -0.136. The minimum atomic E-state index is -4.12. The standard InChI is InChI=1S/C26H37N3O6S/c1-4-34-22-9-11-24(12-10-22)36(32,33)29(17-20-13-15-27-16-14-20)25(26(30)28-31)21-5-7-23(8-6-21)35-18-19(2)3/h9-16,19,21,23,25,31H,4-8,17-18H2,1-3H3,(H,28,30)/t21-,23-,25-/m1/s1. The summed E-state index contributed by atoms with van der Waals surface area (Å²) in [5.74, 6) is -0.0484. The maximum Gasteiger partial charge on any atom is 0.262 e. The fourth-order valence-electron chi connectivity index (χ4n) is 4.56. The molecule has 9 nitrogen and oxygen atoms in total. The average Bonchev–Trinajstić information content (AvgIpc) is 2.88. The van der Waals surface area contributed by atoms with Gasteiger partial charge in [-0.1, -0.05) is 13.8 Å². The normalized spacial score (nSPS) is 19.3. The van der Waals surface area contributed by atoms with Crippen LogP contribution >= 0.6 is 0 Å². The monoisotopic (exact) mass is 519 g/mol. The number of carbonyl (C=O) groups excluding carboxylic acids is 1. The summed E-state index contributed by atoms with van der Waals surface area (Å²) in [6, 6.07) is 8.48. The van der Waals surface area contributed by atoms with Gasteiger partial charge in [-0.3, -0.25) is 15.0 Å². The Balaban J connectivity index is 1.93. The highest BCUT2D eigenvalue weighted by Gasteiger charge is 2.42. The molecular weight excluding hydrogens is 482 g/mol. The van der Waals surface area contributed by atoms with Crippen molar-refractivity contribution in [1.82, 2.24) is 14.8 Å². The second kappa shape index (κ2) is 13.1. The van der Waals surface area contributed by atoms with Crippen LogP contribution in [0, 0.1) is 11.8 Å². The number of benzene rings is 1. The zero-order chi connectivity index (χ0) is 26.1. The molecule has 1 saturated carbocycles. The number of aromatic nitrogens is 1. The van der Waals surface area contributed by atoms with Crippen LogP contribution in [0.5, 0.6) is 5.75 Å². The molecule has 1 aliphatic rings. The molecule has 198 valence electrons. The van der Waals surface area contributed by atoms with Crippen LogP contribution in [0.2, 0.25) is 0 Å². The Hall–Kier alpha value is -2.53. The smallest absolute Gasteiger partial charge is 0.262 e. The first-order chi connectivity index (χ1) is 17.3. The van der Waals surface area contributed by atoms with Gasteiger partial charge in [0.1, 0.15) is 11.8 Å². The Morgan fingerprint density at radius 1 is 1.11 bits per heavy atom. The van der Waals surface area contributed by atoms with Gasteiger partial charge in [-0.2, -0.15) is 4.31 Å². The highest BCUT2D eigenvalue weighted by Crippen LogP contribution is 2.34. The second-order valence-electron chi connectivity index (χ2n) is 9.50. The van der Waals surface area contributed by atoms with Crippen LogP contribution in [0.4, 0.5) is 0 Å². The maximum atomic E-state index is 13.9. The van der Waals surface area contributed by atoms with Crippen LogP contribution in [0.1, 0.15) is 52.0 Å². The zero-order valence-electron chi connectivity index (χ0n) is 21.2. The Bertz CT molecular complexity index is 1050. The Labute approximate surface area is 213 Å². The van der Waals surface area contributed by atoms with Crippen molar-refractivity contribution < 1.29 is 27.9 Å². The van der Waals surface area contributed by atoms with Crippen LogP contribution in [0.3, 0.4) is 0 Å². The summed E-state index contributed by atoms with van der Waals surface area (Å²) in [7, 11) is -4.12. The SMILES string of the molecule is CCOc1ccc(S(=O)(=O)N(Cc2ccncc2)[C@@H](C(=O)NO)[C@H]2CC[C@H](OCC(C)C)CC2)cc1. The number of nitrogens with zero attached hydrogens (tertiary/aromatic N) is 2. The van der Waals surface area contributed by atoms with Crippen molar-refractivity contribution in [1.29, 1.82) is 0 Å². The molecular formula is C26H37N3O6S. The number of carbonyl (C=O) groups is 1. The van der Waals surface area contributed by atoms with Gasteiger partial charge in [0.2, 0.25) is 10.0 Å². The molecule has 1 heterocycles. The molecule has 0 unspecified atom stereocenters. The van der Waals surface area contributed by atoms with Gasteiger partial charge in [0.15, 0.2) is 0 Å². The van der Waals surface area contributed by atoms with Crippen LogP contribution in [0.25, 0.3) is 0 Å². The molecule has 0 spiro atoms. The van der Waals surface area contributed by atoms with Gasteiger partial charge in [-0.15, -0.1) is 0 Å². The molecule has 1 atom stereocenters. The van der Waals surface area contributed by atoms with Crippen LogP contribution in [0.15, 0.2) is 53.7 Å². The number of hydroxylamine groups is 1. The van der Waals surface area contributed by atoms with E-state index in [-0.39, 0.29) is 23.5 Å². The second-order valence-corrected chi connectivity index (χ2v) is 11.4. The van der Waals surface area contributed by atoms with E-state index in [1.807, 2.05) is 6.92 Å². The first-order valence-electron chi connectivity index (χ1n) is 12.4. The molecule has 2 aromatic rings. The van der Waals surface area contributed by atoms with E-state index in [1.165, 1.54) is 16.4 Å². The van der Waals surface area contributed by atoms with Gasteiger partial charge in [0, 0.05) is 25.5 Å². The van der Waals surface area contributed by atoms with Crippen molar-refractivity contribution in [2.24, 2.45) is 11.8 Å². The average molecular weight is 520 g/mol. The van der Waals surface area contributed by atoms with Crippen LogP contribution in [-0.2, 0) is 26.1 Å². The summed E-state index contributed by atoms with van der Waals surface area (Å²) < 4.78 is 40.5. The highest BCUT2D eigenvalue weighted by molar-refractivity contribution is 7.89. The number of hydrogen-bond donors (Lipinski definition) is 2. The van der Waals surface area contributed by atoms with E-state index in [2.05, 4.69) is 18.8 Å². The summed E-state index contributed by atoms with van der Waals surface area (Å²) in [5.41, 5.74) is 2.41. The van der Waals surface area contributed by atoms with Crippen molar-refractivity contribution in [2.45, 2.75) is 70.0 Å². The van der Waals surface area contributed by atoms with Crippen LogP contribution < -0.4 is 10.2 Å². The van der Waals surface area contributed by atoms with E-state index >= 15 is 0 Å². The van der Waals surface area contributed by atoms with Crippen molar-refractivity contribution >= 4 is 15.9 Å². The van der Waals surface area contributed by atoms with Crippen molar-refractivity contribution in [3.8, 4) is 5.75 Å². The lowest BCUT2D eigenvalue weighted by atomic mass is 9.82. The molecule has 3 rings (SSSR count). The number of amides is 1. The number of sulfonamides is 1. The Morgan fingerprint density at radius 2 is 1.75 bits per heavy atom. The molecule has 1 fully saturated rings. The molecule has 10 heteroatoms. The Kier molecular flexibility index (Phi) is 10.2. The van der Waals surface area contributed by atoms with Gasteiger partial charge in [0.25, 0.3) is 5.91 Å². The summed E-state index contributed by atoms with van der Waals surface area (Å²) in [6.45, 7) is 7.12. The third-order valence-corrected chi connectivity index (χ3v) is 8.19. The van der Waals surface area contributed by atoms with Crippen LogP contribution in [-0.4, -0.2) is 54.2 Å². The largest absolute Gasteiger partial charge is 0.494 e. The number of rotatable bonds is 12. The van der Waals surface area contributed by atoms with Gasteiger partial charge in [-0.05, 0) is 86.4 Å². The van der Waals surface area contributed by atoms with E-state index in [1.54, 1.807) is 42.1 Å². The van der Waals surface area contributed by atoms with E-state index in [0.29, 0.717) is 43.3 Å². The van der Waals surface area contributed by atoms with Gasteiger partial charge < -0.3 is 9.47 Å². The molecule has 36 heavy (non-hydrogen) atoms.